The number of hydrogen-bond donors (Lipinski definition) is 1. The van der Waals surface area contributed by atoms with E-state index in [0.717, 1.165) is 31.9 Å². The van der Waals surface area contributed by atoms with Crippen LogP contribution >= 0.6 is 0 Å². The molecule has 3 atom stereocenters. The number of hydrogen-bond acceptors (Lipinski definition) is 4. The molecule has 4 heteroatoms. The zero-order valence-electron chi connectivity index (χ0n) is 12.3. The standard InChI is InChI=1S/C16H24N2O2/c1-11-9-18(10-12(2)20-11)15(8-17)13-3-4-16-14(7-13)5-6-19-16/h3-4,7,11-12,15H,5-6,8-10,17H2,1-2H3/t11-,12+,15-/m0/s1. The van der Waals surface area contributed by atoms with Crippen molar-refractivity contribution < 1.29 is 9.47 Å². The smallest absolute Gasteiger partial charge is 0.122 e. The molecule has 110 valence electrons. The van der Waals surface area contributed by atoms with Crippen LogP contribution in [0.3, 0.4) is 0 Å². The molecular formula is C16H24N2O2. The Labute approximate surface area is 120 Å². The molecule has 20 heavy (non-hydrogen) atoms. The van der Waals surface area contributed by atoms with Crippen molar-refractivity contribution in [3.8, 4) is 5.75 Å². The van der Waals surface area contributed by atoms with Gasteiger partial charge in [-0.25, -0.2) is 0 Å². The van der Waals surface area contributed by atoms with Crippen molar-refractivity contribution in [2.75, 3.05) is 26.2 Å². The minimum atomic E-state index is 0.269. The van der Waals surface area contributed by atoms with Crippen molar-refractivity contribution in [3.63, 3.8) is 0 Å². The molecule has 0 spiro atoms. The Morgan fingerprint density at radius 3 is 2.75 bits per heavy atom. The highest BCUT2D eigenvalue weighted by atomic mass is 16.5. The van der Waals surface area contributed by atoms with E-state index in [4.69, 9.17) is 15.2 Å². The average Bonchev–Trinajstić information content (AvgIpc) is 2.86. The summed E-state index contributed by atoms with van der Waals surface area (Å²) in [5.41, 5.74) is 8.68. The Bertz CT molecular complexity index is 468. The quantitative estimate of drug-likeness (QED) is 0.913. The monoisotopic (exact) mass is 276 g/mol. The van der Waals surface area contributed by atoms with E-state index >= 15 is 0 Å². The van der Waals surface area contributed by atoms with Gasteiger partial charge in [-0.2, -0.15) is 0 Å². The van der Waals surface area contributed by atoms with Crippen molar-refractivity contribution in [3.05, 3.63) is 29.3 Å². The number of nitrogens with zero attached hydrogens (tertiary/aromatic N) is 1. The Kier molecular flexibility index (Phi) is 3.96. The second-order valence-electron chi connectivity index (χ2n) is 5.93. The van der Waals surface area contributed by atoms with Crippen LogP contribution in [-0.2, 0) is 11.2 Å². The van der Waals surface area contributed by atoms with Crippen molar-refractivity contribution >= 4 is 0 Å². The highest BCUT2D eigenvalue weighted by molar-refractivity contribution is 5.41. The summed E-state index contributed by atoms with van der Waals surface area (Å²) in [6.07, 6.45) is 1.55. The first-order valence-corrected chi connectivity index (χ1v) is 7.52. The van der Waals surface area contributed by atoms with Gasteiger partial charge in [0.15, 0.2) is 0 Å². The molecule has 2 N–H and O–H groups in total. The maximum absolute atomic E-state index is 6.06. The third kappa shape index (κ3) is 2.68. The summed E-state index contributed by atoms with van der Waals surface area (Å²) in [5, 5.41) is 0. The summed E-state index contributed by atoms with van der Waals surface area (Å²) >= 11 is 0. The Hall–Kier alpha value is -1.10. The highest BCUT2D eigenvalue weighted by Gasteiger charge is 2.28. The SMILES string of the molecule is C[C@@H]1CN([C@@H](CN)c2ccc3c(c2)CCO3)C[C@H](C)O1. The van der Waals surface area contributed by atoms with Gasteiger partial charge >= 0.3 is 0 Å². The minimum Gasteiger partial charge on any atom is -0.493 e. The van der Waals surface area contributed by atoms with Gasteiger partial charge in [0, 0.05) is 32.1 Å². The molecule has 1 aromatic carbocycles. The Balaban J connectivity index is 1.82. The summed E-state index contributed by atoms with van der Waals surface area (Å²) in [5.74, 6) is 1.04. The first-order valence-electron chi connectivity index (χ1n) is 7.52. The van der Waals surface area contributed by atoms with Gasteiger partial charge < -0.3 is 15.2 Å². The number of ether oxygens (including phenoxy) is 2. The summed E-state index contributed by atoms with van der Waals surface area (Å²) in [7, 11) is 0. The van der Waals surface area contributed by atoms with E-state index in [-0.39, 0.29) is 18.2 Å². The summed E-state index contributed by atoms with van der Waals surface area (Å²) in [4.78, 5) is 2.45. The van der Waals surface area contributed by atoms with Gasteiger partial charge in [-0.3, -0.25) is 4.90 Å². The molecule has 1 aromatic rings. The summed E-state index contributed by atoms with van der Waals surface area (Å²) in [6, 6.07) is 6.79. The molecule has 2 aliphatic heterocycles. The van der Waals surface area contributed by atoms with Crippen LogP contribution in [0.25, 0.3) is 0 Å². The third-order valence-corrected chi connectivity index (χ3v) is 4.21. The van der Waals surface area contributed by atoms with Gasteiger partial charge in [-0.05, 0) is 31.0 Å². The second kappa shape index (κ2) is 5.72. The molecule has 2 aliphatic rings. The van der Waals surface area contributed by atoms with Crippen LogP contribution in [0.2, 0.25) is 0 Å². The molecule has 1 saturated heterocycles. The molecule has 0 aliphatic carbocycles. The molecule has 1 fully saturated rings. The molecule has 0 amide bonds. The fourth-order valence-corrected chi connectivity index (χ4v) is 3.38. The van der Waals surface area contributed by atoms with E-state index in [1.807, 2.05) is 0 Å². The first-order chi connectivity index (χ1) is 9.67. The van der Waals surface area contributed by atoms with Crippen LogP contribution in [0.4, 0.5) is 0 Å². The van der Waals surface area contributed by atoms with Crippen LogP contribution in [0.5, 0.6) is 5.75 Å². The normalized spacial score (nSPS) is 27.9. The van der Waals surface area contributed by atoms with Gasteiger partial charge in [-0.15, -0.1) is 0 Å². The fourth-order valence-electron chi connectivity index (χ4n) is 3.38. The largest absolute Gasteiger partial charge is 0.493 e. The molecular weight excluding hydrogens is 252 g/mol. The van der Waals surface area contributed by atoms with E-state index in [1.165, 1.54) is 11.1 Å². The topological polar surface area (TPSA) is 47.7 Å². The van der Waals surface area contributed by atoms with Gasteiger partial charge in [0.25, 0.3) is 0 Å². The molecule has 0 bridgehead atoms. The molecule has 0 saturated carbocycles. The molecule has 4 nitrogen and oxygen atoms in total. The van der Waals surface area contributed by atoms with Gasteiger partial charge in [0.1, 0.15) is 5.75 Å². The maximum atomic E-state index is 6.06. The van der Waals surface area contributed by atoms with E-state index < -0.39 is 0 Å². The van der Waals surface area contributed by atoms with Crippen molar-refractivity contribution in [1.29, 1.82) is 0 Å². The maximum Gasteiger partial charge on any atom is 0.122 e. The number of fused-ring (bicyclic) bond motifs is 1. The van der Waals surface area contributed by atoms with E-state index in [0.29, 0.717) is 6.54 Å². The van der Waals surface area contributed by atoms with Crippen LogP contribution in [-0.4, -0.2) is 43.3 Å². The van der Waals surface area contributed by atoms with E-state index in [2.05, 4.69) is 36.9 Å². The number of nitrogens with two attached hydrogens (primary N) is 1. The van der Waals surface area contributed by atoms with Crippen LogP contribution in [0, 0.1) is 0 Å². The average molecular weight is 276 g/mol. The predicted molar refractivity (Wildman–Crippen MR) is 79.0 cm³/mol. The fraction of sp³-hybridized carbons (Fsp3) is 0.625. The molecule has 2 heterocycles. The van der Waals surface area contributed by atoms with E-state index in [9.17, 15) is 0 Å². The van der Waals surface area contributed by atoms with Crippen LogP contribution < -0.4 is 10.5 Å². The highest BCUT2D eigenvalue weighted by Crippen LogP contribution is 2.31. The molecule has 0 aromatic heterocycles. The van der Waals surface area contributed by atoms with Crippen molar-refractivity contribution in [1.82, 2.24) is 4.90 Å². The number of morpholine rings is 1. The lowest BCUT2D eigenvalue weighted by Crippen LogP contribution is -2.48. The lowest BCUT2D eigenvalue weighted by molar-refractivity contribution is -0.0799. The molecule has 3 rings (SSSR count). The van der Waals surface area contributed by atoms with Crippen molar-refractivity contribution in [2.45, 2.75) is 38.5 Å². The second-order valence-corrected chi connectivity index (χ2v) is 5.93. The summed E-state index contributed by atoms with van der Waals surface area (Å²) in [6.45, 7) is 7.59. The zero-order valence-corrected chi connectivity index (χ0v) is 12.3. The zero-order chi connectivity index (χ0) is 14.1. The molecule has 0 radical (unpaired) electrons. The number of benzene rings is 1. The Morgan fingerprint density at radius 2 is 2.05 bits per heavy atom. The van der Waals surface area contributed by atoms with E-state index in [1.54, 1.807) is 0 Å². The van der Waals surface area contributed by atoms with Gasteiger partial charge in [0.2, 0.25) is 0 Å². The van der Waals surface area contributed by atoms with Gasteiger partial charge in [0.05, 0.1) is 18.8 Å². The third-order valence-electron chi connectivity index (χ3n) is 4.21. The summed E-state index contributed by atoms with van der Waals surface area (Å²) < 4.78 is 11.4. The van der Waals surface area contributed by atoms with Gasteiger partial charge in [-0.1, -0.05) is 12.1 Å². The van der Waals surface area contributed by atoms with Crippen LogP contribution in [0.15, 0.2) is 18.2 Å². The predicted octanol–water partition coefficient (Wildman–Crippen LogP) is 1.73. The molecule has 0 unspecified atom stereocenters. The lowest BCUT2D eigenvalue weighted by Gasteiger charge is -2.40. The number of rotatable bonds is 3. The minimum absolute atomic E-state index is 0.269. The lowest BCUT2D eigenvalue weighted by atomic mass is 10.00. The first kappa shape index (κ1) is 13.9. The van der Waals surface area contributed by atoms with Crippen LogP contribution in [0.1, 0.15) is 31.0 Å². The van der Waals surface area contributed by atoms with Crippen molar-refractivity contribution in [2.24, 2.45) is 5.73 Å². The Morgan fingerprint density at radius 1 is 1.30 bits per heavy atom.